The third-order valence-electron chi connectivity index (χ3n) is 6.21. The number of nitrogens with zero attached hydrogens (tertiary/aromatic N) is 1. The van der Waals surface area contributed by atoms with Crippen molar-refractivity contribution in [3.05, 3.63) is 33.9 Å². The summed E-state index contributed by atoms with van der Waals surface area (Å²) in [7, 11) is 0. The van der Waals surface area contributed by atoms with Crippen LogP contribution in [0.15, 0.2) is 18.2 Å². The largest absolute Gasteiger partial charge is 0.481 e. The van der Waals surface area contributed by atoms with Crippen LogP contribution in [-0.4, -0.2) is 77.6 Å². The molecule has 15 nitrogen and oxygen atoms in total. The molecule has 0 heterocycles. The van der Waals surface area contributed by atoms with Gasteiger partial charge in [-0.25, -0.2) is 0 Å². The van der Waals surface area contributed by atoms with Gasteiger partial charge in [-0.15, -0.1) is 0 Å². The number of hydrogen-bond acceptors (Lipinski definition) is 11. The van der Waals surface area contributed by atoms with Gasteiger partial charge < -0.3 is 31.4 Å². The minimum atomic E-state index is -1.34. The van der Waals surface area contributed by atoms with Gasteiger partial charge in [0.1, 0.15) is 11.5 Å². The quantitative estimate of drug-likeness (QED) is 0.0486. The zero-order chi connectivity index (χ0) is 31.8. The number of benzene rings is 1. The van der Waals surface area contributed by atoms with E-state index in [1.165, 1.54) is 26.0 Å². The van der Waals surface area contributed by atoms with Crippen molar-refractivity contribution in [3.8, 4) is 0 Å². The Morgan fingerprint density at radius 1 is 0.976 bits per heavy atom. The van der Waals surface area contributed by atoms with E-state index in [1.807, 2.05) is 0 Å². The predicted molar refractivity (Wildman–Crippen MR) is 148 cm³/mol. The zero-order valence-corrected chi connectivity index (χ0v) is 23.7. The van der Waals surface area contributed by atoms with E-state index in [-0.39, 0.29) is 74.2 Å². The van der Waals surface area contributed by atoms with Crippen molar-refractivity contribution in [2.24, 2.45) is 17.6 Å². The van der Waals surface area contributed by atoms with Gasteiger partial charge in [0.05, 0.1) is 36.7 Å². The van der Waals surface area contributed by atoms with Gasteiger partial charge in [0.2, 0.25) is 11.8 Å². The Hall–Kier alpha value is -4.24. The fourth-order valence-electron chi connectivity index (χ4n) is 3.74. The zero-order valence-electron chi connectivity index (χ0n) is 23.7. The van der Waals surface area contributed by atoms with E-state index < -0.39 is 59.2 Å². The van der Waals surface area contributed by atoms with Crippen LogP contribution in [0.1, 0.15) is 62.7 Å². The number of nitro groups is 1. The number of carbonyl (C=O) groups is 6. The number of amides is 2. The first kappa shape index (κ1) is 35.8. The van der Waals surface area contributed by atoms with Gasteiger partial charge in [0.15, 0.2) is 11.6 Å². The average Bonchev–Trinajstić information content (AvgIpc) is 2.91. The highest BCUT2D eigenvalue weighted by atomic mass is 16.6. The number of Topliss-reactive ketones (excluding diaryl/α,β-unsaturated/α-hetero) is 3. The van der Waals surface area contributed by atoms with Crippen molar-refractivity contribution in [1.82, 2.24) is 5.32 Å². The van der Waals surface area contributed by atoms with Crippen LogP contribution in [0.4, 0.5) is 11.4 Å². The number of anilines is 1. The second-order valence-electron chi connectivity index (χ2n) is 9.78. The molecule has 0 saturated carbocycles. The normalized spacial score (nSPS) is 13.0. The minimum absolute atomic E-state index is 0.0194. The van der Waals surface area contributed by atoms with Crippen LogP contribution in [0, 0.1) is 22.0 Å². The number of nitro benzene ring substituents is 1. The summed E-state index contributed by atoms with van der Waals surface area (Å²) < 4.78 is 10.7. The number of hydrogen-bond donors (Lipinski definition) is 4. The number of carbonyl (C=O) groups excluding carboxylic acids is 5. The van der Waals surface area contributed by atoms with Crippen LogP contribution >= 0.6 is 0 Å². The Bertz CT molecular complexity index is 1150. The summed E-state index contributed by atoms with van der Waals surface area (Å²) in [6.45, 7) is 3.71. The molecule has 15 heteroatoms. The van der Waals surface area contributed by atoms with E-state index in [0.29, 0.717) is 6.42 Å². The van der Waals surface area contributed by atoms with Gasteiger partial charge in [-0.1, -0.05) is 6.92 Å². The van der Waals surface area contributed by atoms with Crippen LogP contribution in [0.5, 0.6) is 0 Å². The van der Waals surface area contributed by atoms with E-state index in [1.54, 1.807) is 0 Å². The highest BCUT2D eigenvalue weighted by Crippen LogP contribution is 2.23. The number of ketones is 3. The Labute approximate surface area is 242 Å². The molecule has 2 amide bonds. The first-order chi connectivity index (χ1) is 19.7. The molecule has 0 bridgehead atoms. The molecule has 232 valence electrons. The van der Waals surface area contributed by atoms with Crippen molar-refractivity contribution in [1.29, 1.82) is 0 Å². The maximum Gasteiger partial charge on any atom is 0.307 e. The van der Waals surface area contributed by atoms with E-state index >= 15 is 0 Å². The van der Waals surface area contributed by atoms with Gasteiger partial charge in [-0.2, -0.15) is 0 Å². The van der Waals surface area contributed by atoms with Crippen molar-refractivity contribution in [2.75, 3.05) is 32.2 Å². The van der Waals surface area contributed by atoms with Crippen LogP contribution < -0.4 is 16.8 Å². The lowest BCUT2D eigenvalue weighted by atomic mass is 9.95. The maximum atomic E-state index is 12.4. The summed E-state index contributed by atoms with van der Waals surface area (Å²) in [5.74, 6) is -5.84. The molecule has 1 aromatic carbocycles. The van der Waals surface area contributed by atoms with E-state index in [9.17, 15) is 38.9 Å². The molecule has 1 rings (SSSR count). The summed E-state index contributed by atoms with van der Waals surface area (Å²) in [6.07, 6.45) is -0.467. The van der Waals surface area contributed by atoms with Gasteiger partial charge in [0.25, 0.3) is 5.69 Å². The minimum Gasteiger partial charge on any atom is -0.481 e. The highest BCUT2D eigenvalue weighted by molar-refractivity contribution is 5.97. The van der Waals surface area contributed by atoms with Gasteiger partial charge in [-0.3, -0.25) is 38.9 Å². The lowest BCUT2D eigenvalue weighted by Crippen LogP contribution is -2.42. The molecule has 1 aromatic rings. The summed E-state index contributed by atoms with van der Waals surface area (Å²) in [4.78, 5) is 81.5. The summed E-state index contributed by atoms with van der Waals surface area (Å²) in [5.41, 5.74) is 10.4. The Balaban J connectivity index is 2.22. The summed E-state index contributed by atoms with van der Waals surface area (Å²) >= 11 is 0. The number of nitrogen functional groups attached to an aromatic ring is 1. The molecule has 0 radical (unpaired) electrons. The smallest absolute Gasteiger partial charge is 0.307 e. The standard InChI is InChI=1S/C27H38N4O11/c1-16(26(36)30-17(2)24(34)14-19(27(37)38)15-25(29)35)12-20(32)7-9-42-11-10-41-8-3-4-23(33)18-5-6-21(28)22(13-18)31(39)40/h5-6,13,16-17,19H,3-4,7-12,14-15,28H2,1-2H3,(H2,29,35)(H,30,36)(H,37,38)/t16-,17+,19+/m1/s1. The fraction of sp³-hybridized carbons (Fsp3) is 0.556. The first-order valence-corrected chi connectivity index (χ1v) is 13.3. The van der Waals surface area contributed by atoms with E-state index in [4.69, 9.17) is 26.0 Å². The molecule has 42 heavy (non-hydrogen) atoms. The highest BCUT2D eigenvalue weighted by Gasteiger charge is 2.27. The maximum absolute atomic E-state index is 12.4. The number of carboxylic acids is 1. The van der Waals surface area contributed by atoms with E-state index in [2.05, 4.69) is 5.32 Å². The van der Waals surface area contributed by atoms with Gasteiger partial charge in [-0.05, 0) is 25.5 Å². The fourth-order valence-corrected chi connectivity index (χ4v) is 3.74. The predicted octanol–water partition coefficient (Wildman–Crippen LogP) is 1.20. The molecule has 0 unspecified atom stereocenters. The molecule has 0 spiro atoms. The third kappa shape index (κ3) is 13.4. The second-order valence-corrected chi connectivity index (χ2v) is 9.78. The number of ether oxygens (including phenoxy) is 2. The molecule has 0 aliphatic rings. The van der Waals surface area contributed by atoms with Crippen LogP contribution in [0.3, 0.4) is 0 Å². The topological polar surface area (TPSA) is 248 Å². The summed E-state index contributed by atoms with van der Waals surface area (Å²) in [5, 5.41) is 22.5. The molecule has 0 fully saturated rings. The Kier molecular flexibility index (Phi) is 15.5. The molecule has 0 saturated heterocycles. The van der Waals surface area contributed by atoms with Crippen molar-refractivity contribution in [2.45, 2.75) is 58.4 Å². The van der Waals surface area contributed by atoms with Crippen molar-refractivity contribution < 1.29 is 48.3 Å². The number of carboxylic acid groups (broad SMARTS) is 1. The number of nitrogens with two attached hydrogens (primary N) is 2. The second kappa shape index (κ2) is 18.2. The van der Waals surface area contributed by atoms with Crippen molar-refractivity contribution >= 4 is 46.5 Å². The average molecular weight is 595 g/mol. The van der Waals surface area contributed by atoms with Crippen LogP contribution in [0.2, 0.25) is 0 Å². The van der Waals surface area contributed by atoms with Gasteiger partial charge in [0, 0.05) is 56.3 Å². The number of primary amides is 1. The monoisotopic (exact) mass is 594 g/mol. The Morgan fingerprint density at radius 3 is 2.21 bits per heavy atom. The molecular weight excluding hydrogens is 556 g/mol. The molecular formula is C27H38N4O11. The lowest BCUT2D eigenvalue weighted by Gasteiger charge is -2.18. The van der Waals surface area contributed by atoms with Gasteiger partial charge >= 0.3 is 5.97 Å². The first-order valence-electron chi connectivity index (χ1n) is 13.3. The van der Waals surface area contributed by atoms with Crippen molar-refractivity contribution in [3.63, 3.8) is 0 Å². The number of nitrogens with one attached hydrogen (secondary N) is 1. The molecule has 3 atom stereocenters. The third-order valence-corrected chi connectivity index (χ3v) is 6.21. The molecule has 6 N–H and O–H groups in total. The number of aliphatic carboxylic acids is 1. The molecule has 0 aliphatic heterocycles. The SMILES string of the molecule is C[C@H](CC(=O)CCOCCOCCCC(=O)c1ccc(N)c([N+](=O)[O-])c1)C(=O)N[C@@H](C)C(=O)C[C@@H](CC(N)=O)C(=O)O. The number of rotatable bonds is 22. The molecule has 0 aliphatic carbocycles. The van der Waals surface area contributed by atoms with Crippen LogP contribution in [0.25, 0.3) is 0 Å². The molecule has 0 aromatic heterocycles. The van der Waals surface area contributed by atoms with E-state index in [0.717, 1.165) is 6.07 Å². The Morgan fingerprint density at radius 2 is 1.62 bits per heavy atom. The van der Waals surface area contributed by atoms with Crippen LogP contribution in [-0.2, 0) is 33.4 Å². The summed E-state index contributed by atoms with van der Waals surface area (Å²) in [6, 6.07) is 2.90. The lowest BCUT2D eigenvalue weighted by molar-refractivity contribution is -0.383.